The number of aryl methyl sites for hydroxylation is 1. The molecule has 1 N–H and O–H groups in total. The van der Waals surface area contributed by atoms with Gasteiger partial charge in [-0.1, -0.05) is 11.6 Å². The van der Waals surface area contributed by atoms with Crippen LogP contribution in [0.5, 0.6) is 6.01 Å². The summed E-state index contributed by atoms with van der Waals surface area (Å²) in [5.74, 6) is 0.157. The predicted molar refractivity (Wildman–Crippen MR) is 76.4 cm³/mol. The summed E-state index contributed by atoms with van der Waals surface area (Å²) in [5, 5.41) is 7.47. The van der Waals surface area contributed by atoms with E-state index in [1.165, 1.54) is 23.9 Å². The molecule has 10 nitrogen and oxygen atoms in total. The molecule has 0 aromatic carbocycles. The van der Waals surface area contributed by atoms with Gasteiger partial charge in [0.15, 0.2) is 11.5 Å². The van der Waals surface area contributed by atoms with E-state index in [1.807, 2.05) is 0 Å². The Hall–Kier alpha value is -2.40. The van der Waals surface area contributed by atoms with Crippen molar-refractivity contribution in [1.82, 2.24) is 29.4 Å². The summed E-state index contributed by atoms with van der Waals surface area (Å²) < 4.78 is 34.4. The molecule has 22 heavy (non-hydrogen) atoms. The van der Waals surface area contributed by atoms with Gasteiger partial charge in [-0.05, 0) is 0 Å². The zero-order valence-corrected chi connectivity index (χ0v) is 13.0. The number of sulfonamides is 1. The SMILES string of the molecule is COc1nc(Cl)cc2nc(S(=O)(=O)Nc3ccn(C)n3)nn12. The molecule has 0 atom stereocenters. The van der Waals surface area contributed by atoms with E-state index in [-0.39, 0.29) is 22.6 Å². The molecule has 0 bridgehead atoms. The quantitative estimate of drug-likeness (QED) is 0.678. The molecule has 0 unspecified atom stereocenters. The monoisotopic (exact) mass is 343 g/mol. The second kappa shape index (κ2) is 5.10. The third kappa shape index (κ3) is 2.55. The Bertz CT molecular complexity index is 949. The van der Waals surface area contributed by atoms with Crippen LogP contribution in [0.3, 0.4) is 0 Å². The van der Waals surface area contributed by atoms with Crippen LogP contribution < -0.4 is 9.46 Å². The Morgan fingerprint density at radius 2 is 2.09 bits per heavy atom. The Morgan fingerprint density at radius 1 is 1.32 bits per heavy atom. The molecule has 0 amide bonds. The summed E-state index contributed by atoms with van der Waals surface area (Å²) in [6.07, 6.45) is 1.60. The number of aromatic nitrogens is 6. The Labute approximate surface area is 129 Å². The molecule has 0 saturated heterocycles. The van der Waals surface area contributed by atoms with E-state index in [4.69, 9.17) is 16.3 Å². The van der Waals surface area contributed by atoms with Gasteiger partial charge in [-0.2, -0.15) is 28.0 Å². The number of methoxy groups -OCH3 is 1. The lowest BCUT2D eigenvalue weighted by molar-refractivity contribution is 0.366. The van der Waals surface area contributed by atoms with Crippen molar-refractivity contribution in [2.45, 2.75) is 5.16 Å². The Morgan fingerprint density at radius 3 is 2.73 bits per heavy atom. The highest BCUT2D eigenvalue weighted by Crippen LogP contribution is 2.18. The predicted octanol–water partition coefficient (Wildman–Crippen LogP) is 0.321. The average Bonchev–Trinajstić information content (AvgIpc) is 3.03. The van der Waals surface area contributed by atoms with Gasteiger partial charge in [-0.15, -0.1) is 5.10 Å². The lowest BCUT2D eigenvalue weighted by atomic mass is 10.6. The summed E-state index contributed by atoms with van der Waals surface area (Å²) in [6.45, 7) is 0. The molecule has 0 saturated carbocycles. The first-order valence-electron chi connectivity index (χ1n) is 5.89. The maximum atomic E-state index is 12.3. The van der Waals surface area contributed by atoms with Gasteiger partial charge in [0.1, 0.15) is 5.15 Å². The van der Waals surface area contributed by atoms with Gasteiger partial charge in [0.05, 0.1) is 7.11 Å². The lowest BCUT2D eigenvalue weighted by Crippen LogP contribution is -2.15. The summed E-state index contributed by atoms with van der Waals surface area (Å²) in [7, 11) is -0.968. The van der Waals surface area contributed by atoms with Gasteiger partial charge in [0.25, 0.3) is 5.16 Å². The third-order valence-corrected chi connectivity index (χ3v) is 3.95. The molecule has 0 aliphatic carbocycles. The van der Waals surface area contributed by atoms with Crippen LogP contribution in [0.25, 0.3) is 5.65 Å². The first kappa shape index (κ1) is 14.5. The van der Waals surface area contributed by atoms with Crippen molar-refractivity contribution in [1.29, 1.82) is 0 Å². The number of rotatable bonds is 4. The minimum atomic E-state index is -3.99. The first-order chi connectivity index (χ1) is 10.4. The highest BCUT2D eigenvalue weighted by atomic mass is 35.5. The zero-order chi connectivity index (χ0) is 15.9. The molecule has 0 aliphatic heterocycles. The second-order valence-corrected chi connectivity index (χ2v) is 6.17. The molecule has 3 heterocycles. The number of nitrogens with zero attached hydrogens (tertiary/aromatic N) is 6. The fraction of sp³-hybridized carbons (Fsp3) is 0.200. The van der Waals surface area contributed by atoms with Crippen LogP contribution in [0.4, 0.5) is 5.82 Å². The van der Waals surface area contributed by atoms with Crippen LogP contribution in [0, 0.1) is 0 Å². The molecular weight excluding hydrogens is 334 g/mol. The van der Waals surface area contributed by atoms with E-state index in [0.29, 0.717) is 0 Å². The zero-order valence-electron chi connectivity index (χ0n) is 11.4. The number of halogens is 1. The molecule has 0 radical (unpaired) electrons. The molecule has 12 heteroatoms. The van der Waals surface area contributed by atoms with Crippen LogP contribution in [-0.2, 0) is 17.1 Å². The fourth-order valence-corrected chi connectivity index (χ4v) is 2.76. The smallest absolute Gasteiger partial charge is 0.320 e. The van der Waals surface area contributed by atoms with Gasteiger partial charge in [-0.3, -0.25) is 9.40 Å². The molecule has 3 aromatic heterocycles. The van der Waals surface area contributed by atoms with E-state index in [2.05, 4.69) is 24.9 Å². The number of hydrogen-bond acceptors (Lipinski definition) is 7. The minimum absolute atomic E-state index is 0.0225. The highest BCUT2D eigenvalue weighted by Gasteiger charge is 2.23. The summed E-state index contributed by atoms with van der Waals surface area (Å²) in [4.78, 5) is 7.79. The van der Waals surface area contributed by atoms with Gasteiger partial charge in [0, 0.05) is 25.4 Å². The van der Waals surface area contributed by atoms with Crippen LogP contribution in [-0.4, -0.2) is 44.9 Å². The van der Waals surface area contributed by atoms with Gasteiger partial charge in [-0.25, -0.2) is 0 Å². The molecule has 3 rings (SSSR count). The Kier molecular flexibility index (Phi) is 3.37. The van der Waals surface area contributed by atoms with E-state index in [1.54, 1.807) is 13.2 Å². The van der Waals surface area contributed by atoms with Crippen molar-refractivity contribution < 1.29 is 13.2 Å². The molecule has 0 fully saturated rings. The van der Waals surface area contributed by atoms with Crippen molar-refractivity contribution in [2.24, 2.45) is 7.05 Å². The maximum absolute atomic E-state index is 12.3. The van der Waals surface area contributed by atoms with Crippen molar-refractivity contribution in [3.63, 3.8) is 0 Å². The third-order valence-electron chi connectivity index (χ3n) is 2.62. The number of anilines is 1. The van der Waals surface area contributed by atoms with Gasteiger partial charge < -0.3 is 4.74 Å². The molecule has 0 aliphatic rings. The molecule has 0 spiro atoms. The van der Waals surface area contributed by atoms with Crippen LogP contribution in [0.15, 0.2) is 23.5 Å². The molecular formula is C10H10ClN7O3S. The van der Waals surface area contributed by atoms with Crippen molar-refractivity contribution in [3.05, 3.63) is 23.5 Å². The van der Waals surface area contributed by atoms with Crippen molar-refractivity contribution in [3.8, 4) is 6.01 Å². The fourth-order valence-electron chi connectivity index (χ4n) is 1.71. The first-order valence-corrected chi connectivity index (χ1v) is 7.75. The topological polar surface area (TPSA) is 116 Å². The van der Waals surface area contributed by atoms with Crippen LogP contribution in [0.2, 0.25) is 5.15 Å². The number of ether oxygens (including phenoxy) is 1. The maximum Gasteiger partial charge on any atom is 0.320 e. The standard InChI is InChI=1S/C10H10ClN7O3S/c1-17-4-3-7(14-17)16-22(19,20)9-13-8-5-6(11)12-10(21-2)18(8)15-9/h3-5H,1-2H3,(H,14,16). The van der Waals surface area contributed by atoms with E-state index < -0.39 is 15.2 Å². The Balaban J connectivity index is 2.05. The van der Waals surface area contributed by atoms with E-state index in [9.17, 15) is 8.42 Å². The van der Waals surface area contributed by atoms with E-state index in [0.717, 1.165) is 4.52 Å². The average molecular weight is 344 g/mol. The number of fused-ring (bicyclic) bond motifs is 1. The van der Waals surface area contributed by atoms with E-state index >= 15 is 0 Å². The van der Waals surface area contributed by atoms with Gasteiger partial charge >= 0.3 is 16.0 Å². The molecule has 3 aromatic rings. The number of nitrogens with one attached hydrogen (secondary N) is 1. The summed E-state index contributed by atoms with van der Waals surface area (Å²) in [5.41, 5.74) is 0.193. The van der Waals surface area contributed by atoms with Crippen LogP contribution >= 0.6 is 11.6 Å². The van der Waals surface area contributed by atoms with Crippen LogP contribution in [0.1, 0.15) is 0 Å². The molecule has 116 valence electrons. The van der Waals surface area contributed by atoms with Crippen molar-refractivity contribution >= 4 is 33.1 Å². The lowest BCUT2D eigenvalue weighted by Gasteiger charge is -2.00. The summed E-state index contributed by atoms with van der Waals surface area (Å²) >= 11 is 5.81. The number of hydrogen-bond donors (Lipinski definition) is 1. The van der Waals surface area contributed by atoms with Crippen molar-refractivity contribution in [2.75, 3.05) is 11.8 Å². The summed E-state index contributed by atoms with van der Waals surface area (Å²) in [6, 6.07) is 2.90. The normalized spacial score (nSPS) is 11.8. The minimum Gasteiger partial charge on any atom is -0.467 e. The second-order valence-electron chi connectivity index (χ2n) is 4.21. The largest absolute Gasteiger partial charge is 0.467 e. The van der Waals surface area contributed by atoms with Gasteiger partial charge in [0.2, 0.25) is 0 Å². The highest BCUT2D eigenvalue weighted by molar-refractivity contribution is 7.92.